The summed E-state index contributed by atoms with van der Waals surface area (Å²) in [6.07, 6.45) is 0.767. The third-order valence-corrected chi connectivity index (χ3v) is 4.50. The highest BCUT2D eigenvalue weighted by molar-refractivity contribution is 5.75. The van der Waals surface area contributed by atoms with Crippen molar-refractivity contribution in [2.45, 2.75) is 39.7 Å². The highest BCUT2D eigenvalue weighted by Crippen LogP contribution is 2.38. The van der Waals surface area contributed by atoms with E-state index in [1.165, 1.54) is 28.8 Å². The van der Waals surface area contributed by atoms with Crippen molar-refractivity contribution >= 4 is 5.97 Å². The molecule has 7 nitrogen and oxygen atoms in total. The number of phenols is 2. The minimum Gasteiger partial charge on any atom is -0.508 e. The molecular formula is C19H25NO6. The van der Waals surface area contributed by atoms with Crippen molar-refractivity contribution in [1.29, 1.82) is 0 Å². The van der Waals surface area contributed by atoms with Gasteiger partial charge in [0.1, 0.15) is 17.5 Å². The molecule has 2 aromatic rings. The lowest BCUT2D eigenvalue weighted by Crippen LogP contribution is -2.27. The van der Waals surface area contributed by atoms with E-state index in [1.54, 1.807) is 6.92 Å². The first-order chi connectivity index (χ1) is 12.3. The molecule has 0 aliphatic rings. The third kappa shape index (κ3) is 3.87. The molecule has 0 aliphatic heterocycles. The maximum absolute atomic E-state index is 12.4. The van der Waals surface area contributed by atoms with Gasteiger partial charge in [0, 0.05) is 24.1 Å². The van der Waals surface area contributed by atoms with E-state index < -0.39 is 12.0 Å². The van der Waals surface area contributed by atoms with E-state index in [1.807, 2.05) is 13.8 Å². The average Bonchev–Trinajstić information content (AvgIpc) is 2.85. The number of rotatable bonds is 7. The first-order valence-electron chi connectivity index (χ1n) is 8.59. The molecule has 2 atom stereocenters. The Morgan fingerprint density at radius 3 is 2.38 bits per heavy atom. The second-order valence-corrected chi connectivity index (χ2v) is 6.29. The number of hydrogen-bond acceptors (Lipinski definition) is 6. The Kier molecular flexibility index (Phi) is 6.02. The Balaban J connectivity index is 2.43. The molecule has 1 heterocycles. The molecule has 0 saturated carbocycles. The Morgan fingerprint density at radius 2 is 1.81 bits per heavy atom. The maximum Gasteiger partial charge on any atom is 0.329 e. The fraction of sp³-hybridized carbons (Fsp3) is 0.421. The molecule has 4 N–H and O–H groups in total. The fourth-order valence-corrected chi connectivity index (χ4v) is 2.91. The average molecular weight is 363 g/mol. The molecule has 1 aromatic heterocycles. The minimum absolute atomic E-state index is 0.0740. The topological polar surface area (TPSA) is 112 Å². The number of nitrogens with zero attached hydrogens (tertiary/aromatic N) is 1. The van der Waals surface area contributed by atoms with Crippen molar-refractivity contribution in [3.63, 3.8) is 0 Å². The maximum atomic E-state index is 12.4. The van der Waals surface area contributed by atoms with Gasteiger partial charge in [-0.3, -0.25) is 4.57 Å². The van der Waals surface area contributed by atoms with Crippen molar-refractivity contribution in [3.05, 3.63) is 35.4 Å². The highest BCUT2D eigenvalue weighted by atomic mass is 16.5. The van der Waals surface area contributed by atoms with Gasteiger partial charge in [0.2, 0.25) is 0 Å². The van der Waals surface area contributed by atoms with Crippen LogP contribution in [0.4, 0.5) is 0 Å². The molecule has 0 aliphatic carbocycles. The summed E-state index contributed by atoms with van der Waals surface area (Å²) in [4.78, 5) is 12.4. The minimum atomic E-state index is -0.859. The Hall–Kier alpha value is -2.83. The molecule has 0 radical (unpaired) electrons. The predicted octanol–water partition coefficient (Wildman–Crippen LogP) is 3.05. The van der Waals surface area contributed by atoms with E-state index in [2.05, 4.69) is 0 Å². The van der Waals surface area contributed by atoms with E-state index in [-0.39, 0.29) is 42.2 Å². The zero-order valence-corrected chi connectivity index (χ0v) is 15.1. The summed E-state index contributed by atoms with van der Waals surface area (Å²) in [7, 11) is 0. The smallest absolute Gasteiger partial charge is 0.329 e. The molecule has 142 valence electrons. The van der Waals surface area contributed by atoms with Crippen LogP contribution in [0.2, 0.25) is 0 Å². The lowest BCUT2D eigenvalue weighted by atomic mass is 9.99. The summed E-state index contributed by atoms with van der Waals surface area (Å²) >= 11 is 0. The molecule has 0 spiro atoms. The molecule has 2 rings (SSSR count). The molecule has 26 heavy (non-hydrogen) atoms. The summed E-state index contributed by atoms with van der Waals surface area (Å²) in [5.41, 5.74) is 0.813. The second kappa shape index (κ2) is 8.03. The molecule has 0 bridgehead atoms. The number of esters is 1. The van der Waals surface area contributed by atoms with Crippen LogP contribution in [-0.4, -0.2) is 37.6 Å². The van der Waals surface area contributed by atoms with Crippen molar-refractivity contribution in [3.8, 4) is 23.3 Å². The standard InChI is InChI=1S/C19H25NO6/c1-4-11(3)17(19(25)26-5-2)20-16(23)9-13(18(20)24)8-12-6-7-14(21)10-15(12)22/h6-7,9-11,17,21-24H,4-5,8H2,1-3H3. The molecule has 7 heteroatoms. The van der Waals surface area contributed by atoms with Gasteiger partial charge >= 0.3 is 5.97 Å². The van der Waals surface area contributed by atoms with Gasteiger partial charge in [-0.15, -0.1) is 0 Å². The van der Waals surface area contributed by atoms with E-state index in [0.717, 1.165) is 0 Å². The largest absolute Gasteiger partial charge is 0.508 e. The zero-order chi connectivity index (χ0) is 19.4. The quantitative estimate of drug-likeness (QED) is 0.563. The number of ether oxygens (including phenoxy) is 1. The highest BCUT2D eigenvalue weighted by Gasteiger charge is 2.32. The van der Waals surface area contributed by atoms with Gasteiger partial charge in [-0.2, -0.15) is 0 Å². The van der Waals surface area contributed by atoms with Crippen LogP contribution < -0.4 is 0 Å². The van der Waals surface area contributed by atoms with Crippen molar-refractivity contribution in [1.82, 2.24) is 4.57 Å². The fourth-order valence-electron chi connectivity index (χ4n) is 2.91. The van der Waals surface area contributed by atoms with E-state index in [0.29, 0.717) is 17.5 Å². The van der Waals surface area contributed by atoms with Crippen LogP contribution in [-0.2, 0) is 16.0 Å². The molecule has 0 amide bonds. The van der Waals surface area contributed by atoms with Gasteiger partial charge in [-0.05, 0) is 24.5 Å². The monoisotopic (exact) mass is 363 g/mol. The van der Waals surface area contributed by atoms with Crippen LogP contribution in [0.3, 0.4) is 0 Å². The Bertz CT molecular complexity index is 783. The zero-order valence-electron chi connectivity index (χ0n) is 15.1. The van der Waals surface area contributed by atoms with Gasteiger partial charge < -0.3 is 25.2 Å². The van der Waals surface area contributed by atoms with E-state index >= 15 is 0 Å². The van der Waals surface area contributed by atoms with Crippen LogP contribution in [0.5, 0.6) is 23.3 Å². The van der Waals surface area contributed by atoms with Gasteiger partial charge in [0.25, 0.3) is 0 Å². The summed E-state index contributed by atoms with van der Waals surface area (Å²) in [6, 6.07) is 4.64. The molecule has 0 saturated heterocycles. The van der Waals surface area contributed by atoms with Crippen LogP contribution in [0, 0.1) is 5.92 Å². The number of phenolic OH excluding ortho intramolecular Hbond substituents is 2. The normalized spacial score (nSPS) is 13.3. The second-order valence-electron chi connectivity index (χ2n) is 6.29. The third-order valence-electron chi connectivity index (χ3n) is 4.50. The summed E-state index contributed by atoms with van der Waals surface area (Å²) in [5.74, 6) is -1.41. The summed E-state index contributed by atoms with van der Waals surface area (Å²) < 4.78 is 6.27. The number of hydrogen-bond donors (Lipinski definition) is 4. The lowest BCUT2D eigenvalue weighted by Gasteiger charge is -2.24. The number of carbonyl (C=O) groups is 1. The Labute approximate surface area is 152 Å². The van der Waals surface area contributed by atoms with Gasteiger partial charge in [-0.1, -0.05) is 26.3 Å². The Morgan fingerprint density at radius 1 is 1.12 bits per heavy atom. The molecule has 2 unspecified atom stereocenters. The van der Waals surface area contributed by atoms with Crippen LogP contribution in [0.1, 0.15) is 44.4 Å². The van der Waals surface area contributed by atoms with E-state index in [9.17, 15) is 25.2 Å². The van der Waals surface area contributed by atoms with E-state index in [4.69, 9.17) is 4.74 Å². The summed E-state index contributed by atoms with van der Waals surface area (Å²) in [5, 5.41) is 40.2. The van der Waals surface area contributed by atoms with Gasteiger partial charge in [0.15, 0.2) is 11.8 Å². The molecule has 0 fully saturated rings. The van der Waals surface area contributed by atoms with Crippen molar-refractivity contribution in [2.75, 3.05) is 6.61 Å². The number of benzene rings is 1. The van der Waals surface area contributed by atoms with Crippen molar-refractivity contribution < 1.29 is 30.0 Å². The van der Waals surface area contributed by atoms with Gasteiger partial charge in [-0.25, -0.2) is 4.79 Å². The first-order valence-corrected chi connectivity index (χ1v) is 8.59. The van der Waals surface area contributed by atoms with Crippen molar-refractivity contribution in [2.24, 2.45) is 5.92 Å². The lowest BCUT2D eigenvalue weighted by molar-refractivity contribution is -0.149. The first kappa shape index (κ1) is 19.5. The van der Waals surface area contributed by atoms with Crippen LogP contribution in [0.15, 0.2) is 24.3 Å². The molecule has 1 aromatic carbocycles. The SMILES string of the molecule is CCOC(=O)C(C(C)CC)n1c(O)cc(Cc2ccc(O)cc2O)c1O. The van der Waals surface area contributed by atoms with Crippen LogP contribution >= 0.6 is 0 Å². The predicted molar refractivity (Wildman–Crippen MR) is 95.5 cm³/mol. The number of aromatic hydroxyl groups is 4. The van der Waals surface area contributed by atoms with Crippen LogP contribution in [0.25, 0.3) is 0 Å². The summed E-state index contributed by atoms with van der Waals surface area (Å²) in [6.45, 7) is 5.64. The molecular weight excluding hydrogens is 338 g/mol. The number of aromatic nitrogens is 1. The number of carbonyl (C=O) groups excluding carboxylic acids is 1. The van der Waals surface area contributed by atoms with Gasteiger partial charge in [0.05, 0.1) is 6.61 Å².